The first-order chi connectivity index (χ1) is 12.1. The molecule has 1 atom stereocenters. The molecule has 0 unspecified atom stereocenters. The van der Waals surface area contributed by atoms with Gasteiger partial charge < -0.3 is 14.6 Å². The molecule has 134 valence electrons. The number of furan rings is 1. The summed E-state index contributed by atoms with van der Waals surface area (Å²) >= 11 is 0. The number of amides is 2. The van der Waals surface area contributed by atoms with Gasteiger partial charge in [0.05, 0.1) is 17.8 Å². The van der Waals surface area contributed by atoms with Gasteiger partial charge in [-0.15, -0.1) is 0 Å². The third-order valence-corrected chi connectivity index (χ3v) is 6.04. The fourth-order valence-electron chi connectivity index (χ4n) is 3.00. The molecule has 1 saturated heterocycles. The van der Waals surface area contributed by atoms with E-state index in [9.17, 15) is 13.2 Å². The number of hydrogen-bond donors (Lipinski definition) is 1. The Morgan fingerprint density at radius 1 is 1.12 bits per heavy atom. The van der Waals surface area contributed by atoms with E-state index in [1.807, 2.05) is 42.5 Å². The quantitative estimate of drug-likeness (QED) is 0.885. The van der Waals surface area contributed by atoms with Crippen LogP contribution >= 0.6 is 0 Å². The van der Waals surface area contributed by atoms with Crippen LogP contribution in [0.3, 0.4) is 0 Å². The van der Waals surface area contributed by atoms with E-state index in [-0.39, 0.29) is 36.5 Å². The molecule has 0 bridgehead atoms. The highest BCUT2D eigenvalue weighted by atomic mass is 32.2. The van der Waals surface area contributed by atoms with Gasteiger partial charge in [0.15, 0.2) is 9.84 Å². The normalized spacial score (nSPS) is 17.8. The smallest absolute Gasteiger partial charge is 0.317 e. The summed E-state index contributed by atoms with van der Waals surface area (Å²) in [4.78, 5) is 13.8. The molecule has 2 aromatic rings. The fraction of sp³-hybridized carbons (Fsp3) is 0.389. The molecule has 2 amide bonds. The molecule has 1 fully saturated rings. The molecule has 1 aromatic heterocycles. The molecule has 0 radical (unpaired) electrons. The van der Waals surface area contributed by atoms with Crippen molar-refractivity contribution in [2.24, 2.45) is 0 Å². The first-order valence-corrected chi connectivity index (χ1v) is 10.2. The second-order valence-corrected chi connectivity index (χ2v) is 8.44. The van der Waals surface area contributed by atoms with Gasteiger partial charge in [-0.1, -0.05) is 30.3 Å². The van der Waals surface area contributed by atoms with Crippen molar-refractivity contribution in [3.05, 3.63) is 60.1 Å². The van der Waals surface area contributed by atoms with E-state index in [1.165, 1.54) is 0 Å². The van der Waals surface area contributed by atoms with Gasteiger partial charge in [0, 0.05) is 25.6 Å². The predicted molar refractivity (Wildman–Crippen MR) is 95.2 cm³/mol. The number of benzene rings is 1. The van der Waals surface area contributed by atoms with E-state index in [2.05, 4.69) is 5.32 Å². The maximum Gasteiger partial charge on any atom is 0.317 e. The minimum absolute atomic E-state index is 0.0411. The summed E-state index contributed by atoms with van der Waals surface area (Å²) in [6, 6.07) is 13.6. The van der Waals surface area contributed by atoms with E-state index in [4.69, 9.17) is 4.42 Å². The molecule has 3 rings (SSSR count). The first-order valence-electron chi connectivity index (χ1n) is 8.37. The minimum Gasteiger partial charge on any atom is -0.469 e. The summed E-state index contributed by atoms with van der Waals surface area (Å²) in [5.41, 5.74) is 1.13. The van der Waals surface area contributed by atoms with Crippen LogP contribution in [-0.2, 0) is 9.84 Å². The van der Waals surface area contributed by atoms with Crippen LogP contribution in [0.25, 0.3) is 0 Å². The zero-order valence-electron chi connectivity index (χ0n) is 13.9. The van der Waals surface area contributed by atoms with Gasteiger partial charge in [-0.05, 0) is 24.1 Å². The highest BCUT2D eigenvalue weighted by molar-refractivity contribution is 7.91. The van der Waals surface area contributed by atoms with E-state index >= 15 is 0 Å². The summed E-state index contributed by atoms with van der Waals surface area (Å²) in [7, 11) is -2.98. The lowest BCUT2D eigenvalue weighted by molar-refractivity contribution is 0.202. The van der Waals surface area contributed by atoms with Crippen LogP contribution in [0.15, 0.2) is 53.1 Å². The average molecular weight is 362 g/mol. The molecule has 2 heterocycles. The molecule has 1 aliphatic rings. The van der Waals surface area contributed by atoms with Crippen molar-refractivity contribution in [3.63, 3.8) is 0 Å². The molecular weight excluding hydrogens is 340 g/mol. The van der Waals surface area contributed by atoms with Crippen LogP contribution in [-0.4, -0.2) is 50.5 Å². The molecule has 1 aromatic carbocycles. The van der Waals surface area contributed by atoms with E-state index in [1.54, 1.807) is 11.2 Å². The third-order valence-electron chi connectivity index (χ3n) is 4.43. The summed E-state index contributed by atoms with van der Waals surface area (Å²) in [5.74, 6) is 1.02. The Morgan fingerprint density at radius 2 is 1.84 bits per heavy atom. The molecular formula is C18H22N2O4S. The number of rotatable bonds is 5. The molecule has 1 N–H and O–H groups in total. The average Bonchev–Trinajstić information content (AvgIpc) is 3.13. The van der Waals surface area contributed by atoms with Gasteiger partial charge in [0.25, 0.3) is 0 Å². The lowest BCUT2D eigenvalue weighted by Crippen LogP contribution is -2.48. The second kappa shape index (κ2) is 7.74. The van der Waals surface area contributed by atoms with Crippen molar-refractivity contribution in [3.8, 4) is 0 Å². The van der Waals surface area contributed by atoms with Gasteiger partial charge in [0.1, 0.15) is 5.76 Å². The van der Waals surface area contributed by atoms with Crippen LogP contribution in [0.4, 0.5) is 4.79 Å². The van der Waals surface area contributed by atoms with Gasteiger partial charge in [-0.2, -0.15) is 0 Å². The van der Waals surface area contributed by atoms with Crippen molar-refractivity contribution in [2.45, 2.75) is 12.3 Å². The summed E-state index contributed by atoms with van der Waals surface area (Å²) in [6.45, 7) is 1.01. The molecule has 7 heteroatoms. The first kappa shape index (κ1) is 17.5. The van der Waals surface area contributed by atoms with Crippen LogP contribution in [0.1, 0.15) is 23.7 Å². The molecule has 25 heavy (non-hydrogen) atoms. The number of urea groups is 1. The van der Waals surface area contributed by atoms with Crippen molar-refractivity contribution in [1.82, 2.24) is 10.2 Å². The zero-order valence-corrected chi connectivity index (χ0v) is 14.7. The Labute approximate surface area is 147 Å². The van der Waals surface area contributed by atoms with E-state index < -0.39 is 9.84 Å². The predicted octanol–water partition coefficient (Wildman–Crippen LogP) is 2.24. The maximum absolute atomic E-state index is 12.2. The molecule has 1 aliphatic heterocycles. The van der Waals surface area contributed by atoms with Gasteiger partial charge in [-0.3, -0.25) is 0 Å². The minimum atomic E-state index is -2.98. The van der Waals surface area contributed by atoms with E-state index in [0.717, 1.165) is 11.3 Å². The monoisotopic (exact) mass is 362 g/mol. The molecule has 0 saturated carbocycles. The Balaban J connectivity index is 1.56. The van der Waals surface area contributed by atoms with Crippen LogP contribution < -0.4 is 5.32 Å². The number of sulfone groups is 1. The van der Waals surface area contributed by atoms with Gasteiger partial charge in [0.2, 0.25) is 0 Å². The lowest BCUT2D eigenvalue weighted by atomic mass is 9.93. The number of nitrogens with one attached hydrogen (secondary N) is 1. The van der Waals surface area contributed by atoms with E-state index in [0.29, 0.717) is 13.0 Å². The van der Waals surface area contributed by atoms with Crippen molar-refractivity contribution in [1.29, 1.82) is 0 Å². The maximum atomic E-state index is 12.2. The molecule has 6 nitrogen and oxygen atoms in total. The topological polar surface area (TPSA) is 79.6 Å². The van der Waals surface area contributed by atoms with Crippen molar-refractivity contribution in [2.75, 3.05) is 31.1 Å². The van der Waals surface area contributed by atoms with Gasteiger partial charge in [-0.25, -0.2) is 13.2 Å². The second-order valence-electron chi connectivity index (χ2n) is 6.14. The largest absolute Gasteiger partial charge is 0.469 e. The van der Waals surface area contributed by atoms with Crippen LogP contribution in [0, 0.1) is 0 Å². The summed E-state index contributed by atoms with van der Waals surface area (Å²) in [6.07, 6.45) is 2.35. The number of nitrogens with zero attached hydrogens (tertiary/aromatic N) is 1. The van der Waals surface area contributed by atoms with Gasteiger partial charge >= 0.3 is 6.03 Å². The number of carbonyl (C=O) groups is 1. The fourth-order valence-corrected chi connectivity index (χ4v) is 4.20. The lowest BCUT2D eigenvalue weighted by Gasteiger charge is -2.27. The van der Waals surface area contributed by atoms with Crippen molar-refractivity contribution >= 4 is 15.9 Å². The Morgan fingerprint density at radius 3 is 2.48 bits per heavy atom. The van der Waals surface area contributed by atoms with Crippen molar-refractivity contribution < 1.29 is 17.6 Å². The van der Waals surface area contributed by atoms with Crippen LogP contribution in [0.2, 0.25) is 0 Å². The number of carbonyl (C=O) groups excluding carboxylic acids is 1. The third kappa shape index (κ3) is 4.63. The molecule has 0 spiro atoms. The summed E-state index contributed by atoms with van der Waals surface area (Å²) < 4.78 is 28.4. The SMILES string of the molecule is O=C(NCC[C@H](c1ccccc1)c1ccco1)N1CCS(=O)(=O)CC1. The Kier molecular flexibility index (Phi) is 5.43. The highest BCUT2D eigenvalue weighted by Gasteiger charge is 2.25. The number of hydrogen-bond acceptors (Lipinski definition) is 4. The Bertz CT molecular complexity index is 774. The zero-order chi connectivity index (χ0) is 17.7. The Hall–Kier alpha value is -2.28. The van der Waals surface area contributed by atoms with Crippen LogP contribution in [0.5, 0.6) is 0 Å². The standard InChI is InChI=1S/C18H22N2O4S/c21-18(20-10-13-25(22,23)14-11-20)19-9-8-16(17-7-4-12-24-17)15-5-2-1-3-6-15/h1-7,12,16H,8-11,13-14H2,(H,19,21)/t16-/m1/s1. The molecule has 0 aliphatic carbocycles. The highest BCUT2D eigenvalue weighted by Crippen LogP contribution is 2.27. The summed E-state index contributed by atoms with van der Waals surface area (Å²) in [5, 5.41) is 2.89.